The van der Waals surface area contributed by atoms with Gasteiger partial charge in [0.15, 0.2) is 0 Å². The quantitative estimate of drug-likeness (QED) is 0.366. The van der Waals surface area contributed by atoms with Crippen molar-refractivity contribution in [3.63, 3.8) is 0 Å². The summed E-state index contributed by atoms with van der Waals surface area (Å²) in [4.78, 5) is 25.4. The van der Waals surface area contributed by atoms with Crippen LogP contribution in [0.2, 0.25) is 0 Å². The van der Waals surface area contributed by atoms with Crippen molar-refractivity contribution in [1.82, 2.24) is 0 Å². The van der Waals surface area contributed by atoms with Crippen molar-refractivity contribution in [2.75, 3.05) is 6.61 Å². The molecular weight excluding hydrogens is 210 g/mol. The van der Waals surface area contributed by atoms with E-state index >= 15 is 0 Å². The molecule has 0 spiro atoms. The van der Waals surface area contributed by atoms with Crippen LogP contribution in [-0.2, 0) is 9.63 Å². The number of hydrogen-bond donors (Lipinski definition) is 0. The van der Waals surface area contributed by atoms with Crippen LogP contribution in [0.5, 0.6) is 0 Å². The number of ketones is 1. The molecule has 0 aromatic heterocycles. The number of carbonyl (C=O) groups is 1. The Morgan fingerprint density at radius 1 is 1.25 bits per heavy atom. The highest BCUT2D eigenvalue weighted by atomic mass is 16.9. The summed E-state index contributed by atoms with van der Waals surface area (Å²) in [7, 11) is 0. The predicted molar refractivity (Wildman–Crippen MR) is 60.5 cm³/mol. The molecule has 0 aromatic rings. The van der Waals surface area contributed by atoms with Gasteiger partial charge in [-0.05, 0) is 24.7 Å². The van der Waals surface area contributed by atoms with Crippen molar-refractivity contribution in [3.05, 3.63) is 10.1 Å². The maximum Gasteiger partial charge on any atom is 0.294 e. The van der Waals surface area contributed by atoms with Crippen molar-refractivity contribution in [1.29, 1.82) is 0 Å². The van der Waals surface area contributed by atoms with Crippen LogP contribution in [0.15, 0.2) is 0 Å². The predicted octanol–water partition coefficient (Wildman–Crippen LogP) is 2.76. The van der Waals surface area contributed by atoms with Crippen LogP contribution in [0.3, 0.4) is 0 Å². The molecule has 0 aromatic carbocycles. The second-order valence-corrected chi connectivity index (χ2v) is 5.11. The third-order valence-electron chi connectivity index (χ3n) is 2.20. The highest BCUT2D eigenvalue weighted by Gasteiger charge is 2.12. The van der Waals surface area contributed by atoms with E-state index in [-0.39, 0.29) is 17.8 Å². The average Bonchev–Trinajstić information content (AvgIpc) is 2.12. The van der Waals surface area contributed by atoms with Crippen LogP contribution < -0.4 is 0 Å². The van der Waals surface area contributed by atoms with E-state index in [9.17, 15) is 14.9 Å². The standard InChI is InChI=1S/C11H21NO4/c1-11(2,3)8-7-10(13)6-4-5-9-16-12(14)15/h4-9H2,1-3H3. The molecule has 0 aliphatic heterocycles. The molecule has 0 fully saturated rings. The largest absolute Gasteiger partial charge is 0.314 e. The van der Waals surface area contributed by atoms with Crippen LogP contribution >= 0.6 is 0 Å². The van der Waals surface area contributed by atoms with Gasteiger partial charge in [-0.2, -0.15) is 0 Å². The van der Waals surface area contributed by atoms with E-state index in [1.54, 1.807) is 0 Å². The van der Waals surface area contributed by atoms with Crippen LogP contribution in [-0.4, -0.2) is 17.5 Å². The minimum atomic E-state index is -0.804. The fraction of sp³-hybridized carbons (Fsp3) is 0.909. The fourth-order valence-corrected chi connectivity index (χ4v) is 1.20. The smallest absolute Gasteiger partial charge is 0.294 e. The van der Waals surface area contributed by atoms with E-state index in [1.165, 1.54) is 0 Å². The Labute approximate surface area is 96.3 Å². The van der Waals surface area contributed by atoms with Crippen molar-refractivity contribution < 1.29 is 14.7 Å². The molecule has 0 radical (unpaired) electrons. The van der Waals surface area contributed by atoms with Gasteiger partial charge in [0, 0.05) is 12.8 Å². The van der Waals surface area contributed by atoms with Gasteiger partial charge in [-0.25, -0.2) is 0 Å². The lowest BCUT2D eigenvalue weighted by molar-refractivity contribution is -0.757. The zero-order valence-electron chi connectivity index (χ0n) is 10.3. The highest BCUT2D eigenvalue weighted by Crippen LogP contribution is 2.21. The first kappa shape index (κ1) is 14.9. The van der Waals surface area contributed by atoms with E-state index in [0.29, 0.717) is 25.7 Å². The average molecular weight is 231 g/mol. The van der Waals surface area contributed by atoms with Crippen molar-refractivity contribution in [3.8, 4) is 0 Å². The van der Waals surface area contributed by atoms with Crippen molar-refractivity contribution in [2.45, 2.75) is 52.9 Å². The SMILES string of the molecule is CC(C)(C)CCC(=O)CCCCO[N+](=O)[O-]. The molecule has 94 valence electrons. The summed E-state index contributed by atoms with van der Waals surface area (Å²) in [5.74, 6) is 0.232. The molecule has 0 bridgehead atoms. The number of hydrogen-bond acceptors (Lipinski definition) is 4. The lowest BCUT2D eigenvalue weighted by atomic mass is 9.89. The van der Waals surface area contributed by atoms with Crippen LogP contribution in [0.25, 0.3) is 0 Å². The van der Waals surface area contributed by atoms with Gasteiger partial charge in [-0.1, -0.05) is 20.8 Å². The van der Waals surface area contributed by atoms with Gasteiger partial charge in [0.2, 0.25) is 0 Å². The number of rotatable bonds is 8. The normalized spacial score (nSPS) is 11.2. The molecule has 5 heteroatoms. The van der Waals surface area contributed by atoms with Gasteiger partial charge in [0.25, 0.3) is 5.09 Å². The second kappa shape index (κ2) is 7.19. The number of carbonyl (C=O) groups excluding carboxylic acids is 1. The van der Waals surface area contributed by atoms with Crippen LogP contribution in [0, 0.1) is 15.5 Å². The summed E-state index contributed by atoms with van der Waals surface area (Å²) < 4.78 is 0. The summed E-state index contributed by atoms with van der Waals surface area (Å²) >= 11 is 0. The van der Waals surface area contributed by atoms with Gasteiger partial charge in [-0.15, -0.1) is 10.1 Å². The monoisotopic (exact) mass is 231 g/mol. The Hall–Kier alpha value is -1.13. The summed E-state index contributed by atoms with van der Waals surface area (Å²) in [5, 5.41) is 9.02. The van der Waals surface area contributed by atoms with Crippen LogP contribution in [0.1, 0.15) is 52.9 Å². The molecule has 0 rings (SSSR count). The summed E-state index contributed by atoms with van der Waals surface area (Å²) in [6.45, 7) is 6.39. The summed E-state index contributed by atoms with van der Waals surface area (Å²) in [6, 6.07) is 0. The molecule has 16 heavy (non-hydrogen) atoms. The molecule has 0 heterocycles. The van der Waals surface area contributed by atoms with Gasteiger partial charge in [0.05, 0.1) is 6.61 Å². The second-order valence-electron chi connectivity index (χ2n) is 5.11. The van der Waals surface area contributed by atoms with Crippen LogP contribution in [0.4, 0.5) is 0 Å². The molecule has 5 nitrogen and oxygen atoms in total. The lowest BCUT2D eigenvalue weighted by Crippen LogP contribution is -2.09. The van der Waals surface area contributed by atoms with Gasteiger partial charge in [0.1, 0.15) is 5.78 Å². The number of Topliss-reactive ketones (excluding diaryl/α,β-unsaturated/α-hetero) is 1. The lowest BCUT2D eigenvalue weighted by Gasteiger charge is -2.16. The number of unbranched alkanes of at least 4 members (excludes halogenated alkanes) is 1. The van der Waals surface area contributed by atoms with E-state index < -0.39 is 5.09 Å². The molecule has 0 amide bonds. The molecule has 0 N–H and O–H groups in total. The van der Waals surface area contributed by atoms with E-state index in [4.69, 9.17) is 0 Å². The van der Waals surface area contributed by atoms with E-state index in [0.717, 1.165) is 6.42 Å². The first-order valence-corrected chi connectivity index (χ1v) is 5.60. The molecular formula is C11H21NO4. The zero-order valence-corrected chi connectivity index (χ0v) is 10.3. The van der Waals surface area contributed by atoms with E-state index in [2.05, 4.69) is 25.6 Å². The Kier molecular flexibility index (Phi) is 6.69. The van der Waals surface area contributed by atoms with Gasteiger partial charge < -0.3 is 4.84 Å². The minimum absolute atomic E-state index is 0.0829. The Morgan fingerprint density at radius 2 is 1.88 bits per heavy atom. The third kappa shape index (κ3) is 10.9. The Bertz CT molecular complexity index is 233. The van der Waals surface area contributed by atoms with Crippen molar-refractivity contribution >= 4 is 5.78 Å². The fourth-order valence-electron chi connectivity index (χ4n) is 1.20. The molecule has 0 aliphatic carbocycles. The molecule has 0 saturated carbocycles. The van der Waals surface area contributed by atoms with E-state index in [1.807, 2.05) is 0 Å². The zero-order chi connectivity index (χ0) is 12.6. The summed E-state index contributed by atoms with van der Waals surface area (Å²) in [5.41, 5.74) is 0.185. The van der Waals surface area contributed by atoms with Gasteiger partial charge in [-0.3, -0.25) is 4.79 Å². The number of nitrogens with zero attached hydrogens (tertiary/aromatic N) is 1. The molecule has 0 aliphatic rings. The molecule has 0 saturated heterocycles. The third-order valence-corrected chi connectivity index (χ3v) is 2.20. The maximum atomic E-state index is 11.4. The Balaban J connectivity index is 3.41. The van der Waals surface area contributed by atoms with Crippen molar-refractivity contribution in [2.24, 2.45) is 5.41 Å². The molecule has 0 unspecified atom stereocenters. The highest BCUT2D eigenvalue weighted by molar-refractivity contribution is 5.78. The summed E-state index contributed by atoms with van der Waals surface area (Å²) in [6.07, 6.45) is 3.20. The van der Waals surface area contributed by atoms with Gasteiger partial charge >= 0.3 is 0 Å². The topological polar surface area (TPSA) is 69.4 Å². The maximum absolute atomic E-state index is 11.4. The first-order chi connectivity index (χ1) is 7.31. The first-order valence-electron chi connectivity index (χ1n) is 5.60. The minimum Gasteiger partial charge on any atom is -0.314 e. The Morgan fingerprint density at radius 3 is 2.38 bits per heavy atom. The molecule has 0 atom stereocenters.